The third-order valence-electron chi connectivity index (χ3n) is 2.33. The molecule has 2 rings (SSSR count). The van der Waals surface area contributed by atoms with Crippen LogP contribution in [-0.4, -0.2) is 14.9 Å². The lowest BCUT2D eigenvalue weighted by Gasteiger charge is -2.10. The molecule has 4 heteroatoms. The molecule has 1 unspecified atom stereocenters. The van der Waals surface area contributed by atoms with E-state index in [1.165, 1.54) is 0 Å². The monoisotopic (exact) mass is 208 g/mol. The summed E-state index contributed by atoms with van der Waals surface area (Å²) in [5.74, 6) is 0. The van der Waals surface area contributed by atoms with Crippen LogP contribution in [0.1, 0.15) is 22.2 Å². The molecule has 1 atom stereocenters. The van der Waals surface area contributed by atoms with Crippen LogP contribution < -0.4 is 0 Å². The van der Waals surface area contributed by atoms with Gasteiger partial charge >= 0.3 is 0 Å². The highest BCUT2D eigenvalue weighted by Crippen LogP contribution is 2.27. The van der Waals surface area contributed by atoms with Gasteiger partial charge in [-0.15, -0.1) is 11.3 Å². The fraction of sp³-hybridized carbons (Fsp3) is 0.300. The SMILES string of the molecule is Cc1sccc1C(O)c1ccnn1C. The number of hydrogen-bond donors (Lipinski definition) is 1. The van der Waals surface area contributed by atoms with Gasteiger partial charge < -0.3 is 5.11 Å². The Hall–Kier alpha value is -1.13. The third kappa shape index (κ3) is 1.47. The molecule has 0 fully saturated rings. The number of aromatic nitrogens is 2. The van der Waals surface area contributed by atoms with Crippen LogP contribution in [0.2, 0.25) is 0 Å². The predicted molar refractivity (Wildman–Crippen MR) is 56.3 cm³/mol. The lowest BCUT2D eigenvalue weighted by Crippen LogP contribution is -2.06. The Labute approximate surface area is 86.6 Å². The summed E-state index contributed by atoms with van der Waals surface area (Å²) in [4.78, 5) is 1.15. The number of rotatable bonds is 2. The van der Waals surface area contributed by atoms with Crippen LogP contribution in [-0.2, 0) is 7.05 Å². The summed E-state index contributed by atoms with van der Waals surface area (Å²) in [6, 6.07) is 3.79. The minimum atomic E-state index is -0.561. The molecule has 14 heavy (non-hydrogen) atoms. The predicted octanol–water partition coefficient (Wildman–Crippen LogP) is 1.87. The summed E-state index contributed by atoms with van der Waals surface area (Å²) in [6.07, 6.45) is 1.13. The van der Waals surface area contributed by atoms with Crippen LogP contribution in [0.5, 0.6) is 0 Å². The molecular formula is C10H12N2OS. The van der Waals surface area contributed by atoms with Gasteiger partial charge in [0, 0.05) is 23.7 Å². The molecular weight excluding hydrogens is 196 g/mol. The van der Waals surface area contributed by atoms with Crippen molar-refractivity contribution in [1.82, 2.24) is 9.78 Å². The van der Waals surface area contributed by atoms with Crippen molar-refractivity contribution in [2.75, 3.05) is 0 Å². The maximum atomic E-state index is 10.1. The van der Waals surface area contributed by atoms with Gasteiger partial charge in [0.15, 0.2) is 0 Å². The number of nitrogens with zero attached hydrogens (tertiary/aromatic N) is 2. The maximum Gasteiger partial charge on any atom is 0.122 e. The largest absolute Gasteiger partial charge is 0.382 e. The highest BCUT2D eigenvalue weighted by molar-refractivity contribution is 7.10. The first-order chi connectivity index (χ1) is 6.70. The molecule has 0 saturated heterocycles. The van der Waals surface area contributed by atoms with Gasteiger partial charge in [-0.1, -0.05) is 0 Å². The summed E-state index contributed by atoms with van der Waals surface area (Å²) in [5.41, 5.74) is 1.80. The summed E-state index contributed by atoms with van der Waals surface area (Å²) < 4.78 is 1.70. The van der Waals surface area contributed by atoms with Crippen molar-refractivity contribution in [1.29, 1.82) is 0 Å². The van der Waals surface area contributed by atoms with Gasteiger partial charge in [-0.2, -0.15) is 5.10 Å². The van der Waals surface area contributed by atoms with E-state index in [0.29, 0.717) is 0 Å². The summed E-state index contributed by atoms with van der Waals surface area (Å²) in [7, 11) is 1.83. The van der Waals surface area contributed by atoms with Gasteiger partial charge in [0.1, 0.15) is 6.10 Å². The average Bonchev–Trinajstić information content (AvgIpc) is 2.73. The molecule has 74 valence electrons. The Morgan fingerprint density at radius 3 is 2.79 bits per heavy atom. The van der Waals surface area contributed by atoms with Crippen molar-refractivity contribution in [2.45, 2.75) is 13.0 Å². The molecule has 0 aliphatic heterocycles. The highest BCUT2D eigenvalue weighted by Gasteiger charge is 2.16. The van der Waals surface area contributed by atoms with Crippen LogP contribution in [0.4, 0.5) is 0 Å². The van der Waals surface area contributed by atoms with E-state index in [0.717, 1.165) is 16.1 Å². The van der Waals surface area contributed by atoms with Gasteiger partial charge in [-0.3, -0.25) is 4.68 Å². The fourth-order valence-electron chi connectivity index (χ4n) is 1.49. The van der Waals surface area contributed by atoms with Gasteiger partial charge in [-0.25, -0.2) is 0 Å². The average molecular weight is 208 g/mol. The minimum Gasteiger partial charge on any atom is -0.382 e. The standard InChI is InChI=1S/C10H12N2OS/c1-7-8(4-6-14-7)10(13)9-3-5-11-12(9)2/h3-6,10,13H,1-2H3. The molecule has 0 aromatic carbocycles. The number of aryl methyl sites for hydroxylation is 2. The normalized spacial score (nSPS) is 13.1. The molecule has 0 aliphatic rings. The van der Waals surface area contributed by atoms with E-state index >= 15 is 0 Å². The molecule has 2 aromatic heterocycles. The van der Waals surface area contributed by atoms with Crippen LogP contribution in [0.25, 0.3) is 0 Å². The van der Waals surface area contributed by atoms with E-state index in [-0.39, 0.29) is 0 Å². The second kappa shape index (κ2) is 3.55. The number of hydrogen-bond acceptors (Lipinski definition) is 3. The lowest BCUT2D eigenvalue weighted by atomic mass is 10.1. The van der Waals surface area contributed by atoms with E-state index in [4.69, 9.17) is 0 Å². The van der Waals surface area contributed by atoms with Crippen LogP contribution in [0.15, 0.2) is 23.7 Å². The molecule has 2 heterocycles. The highest BCUT2D eigenvalue weighted by atomic mass is 32.1. The van der Waals surface area contributed by atoms with Crippen molar-refractivity contribution < 1.29 is 5.11 Å². The minimum absolute atomic E-state index is 0.561. The van der Waals surface area contributed by atoms with Gasteiger partial charge in [0.2, 0.25) is 0 Å². The van der Waals surface area contributed by atoms with E-state index in [1.807, 2.05) is 31.5 Å². The Kier molecular flexibility index (Phi) is 2.39. The van der Waals surface area contributed by atoms with Gasteiger partial charge in [-0.05, 0) is 24.4 Å². The molecule has 0 aliphatic carbocycles. The lowest BCUT2D eigenvalue weighted by molar-refractivity contribution is 0.209. The third-order valence-corrected chi connectivity index (χ3v) is 3.19. The van der Waals surface area contributed by atoms with Crippen LogP contribution in [0.3, 0.4) is 0 Å². The molecule has 0 bridgehead atoms. The quantitative estimate of drug-likeness (QED) is 0.818. The maximum absolute atomic E-state index is 10.1. The first-order valence-electron chi connectivity index (χ1n) is 4.40. The summed E-state index contributed by atoms with van der Waals surface area (Å²) in [5, 5.41) is 16.1. The Morgan fingerprint density at radius 2 is 2.29 bits per heavy atom. The first-order valence-corrected chi connectivity index (χ1v) is 5.28. The molecule has 2 aromatic rings. The van der Waals surface area contributed by atoms with E-state index in [1.54, 1.807) is 22.2 Å². The molecule has 0 spiro atoms. The van der Waals surface area contributed by atoms with Crippen molar-refractivity contribution in [3.8, 4) is 0 Å². The number of thiophene rings is 1. The molecule has 0 amide bonds. The fourth-order valence-corrected chi connectivity index (χ4v) is 2.22. The van der Waals surface area contributed by atoms with E-state index in [9.17, 15) is 5.11 Å². The zero-order valence-electron chi connectivity index (χ0n) is 8.14. The second-order valence-electron chi connectivity index (χ2n) is 3.21. The van der Waals surface area contributed by atoms with Crippen molar-refractivity contribution in [3.05, 3.63) is 39.8 Å². The molecule has 0 radical (unpaired) electrons. The molecule has 1 N–H and O–H groups in total. The van der Waals surface area contributed by atoms with Crippen molar-refractivity contribution >= 4 is 11.3 Å². The Morgan fingerprint density at radius 1 is 1.50 bits per heavy atom. The Balaban J connectivity index is 2.38. The van der Waals surface area contributed by atoms with E-state index < -0.39 is 6.10 Å². The number of aliphatic hydroxyl groups is 1. The zero-order valence-corrected chi connectivity index (χ0v) is 8.95. The zero-order chi connectivity index (χ0) is 10.1. The number of aliphatic hydroxyl groups excluding tert-OH is 1. The smallest absolute Gasteiger partial charge is 0.122 e. The summed E-state index contributed by atoms with van der Waals surface area (Å²) in [6.45, 7) is 2.01. The second-order valence-corrected chi connectivity index (χ2v) is 4.33. The Bertz CT molecular complexity index is 393. The molecule has 3 nitrogen and oxygen atoms in total. The summed E-state index contributed by atoms with van der Waals surface area (Å²) >= 11 is 1.65. The van der Waals surface area contributed by atoms with Crippen LogP contribution in [0, 0.1) is 6.92 Å². The topological polar surface area (TPSA) is 38.1 Å². The van der Waals surface area contributed by atoms with Gasteiger partial charge in [0.05, 0.1) is 5.69 Å². The van der Waals surface area contributed by atoms with Crippen molar-refractivity contribution in [2.24, 2.45) is 7.05 Å². The first kappa shape index (κ1) is 9.43. The van der Waals surface area contributed by atoms with E-state index in [2.05, 4.69) is 5.10 Å². The van der Waals surface area contributed by atoms with Crippen molar-refractivity contribution in [3.63, 3.8) is 0 Å². The van der Waals surface area contributed by atoms with Gasteiger partial charge in [0.25, 0.3) is 0 Å². The van der Waals surface area contributed by atoms with Crippen LogP contribution >= 0.6 is 11.3 Å². The molecule has 0 saturated carbocycles.